The molecule has 0 bridgehead atoms. The zero-order valence-corrected chi connectivity index (χ0v) is 13.1. The van der Waals surface area contributed by atoms with Gasteiger partial charge in [0.05, 0.1) is 12.9 Å². The lowest BCUT2D eigenvalue weighted by molar-refractivity contribution is 0.166. The van der Waals surface area contributed by atoms with Crippen molar-refractivity contribution in [3.05, 3.63) is 46.9 Å². The Morgan fingerprint density at radius 3 is 2.82 bits per heavy atom. The second-order valence-electron chi connectivity index (χ2n) is 6.09. The summed E-state index contributed by atoms with van der Waals surface area (Å²) in [7, 11) is 0. The second kappa shape index (κ2) is 6.87. The first-order chi connectivity index (χ1) is 10.7. The zero-order valence-electron chi connectivity index (χ0n) is 13.1. The van der Waals surface area contributed by atoms with Gasteiger partial charge in [-0.15, -0.1) is 0 Å². The predicted octanol–water partition coefficient (Wildman–Crippen LogP) is 1.16. The minimum Gasteiger partial charge on any atom is -0.301 e. The summed E-state index contributed by atoms with van der Waals surface area (Å²) in [5.41, 5.74) is 0.815. The van der Waals surface area contributed by atoms with Gasteiger partial charge < -0.3 is 4.90 Å². The summed E-state index contributed by atoms with van der Waals surface area (Å²) in [5, 5.41) is 4.23. The molecule has 0 aliphatic carbocycles. The van der Waals surface area contributed by atoms with Gasteiger partial charge in [0.2, 0.25) is 0 Å². The molecule has 3 heterocycles. The third kappa shape index (κ3) is 3.62. The lowest BCUT2D eigenvalue weighted by atomic mass is 9.96. The molecule has 1 aliphatic rings. The van der Waals surface area contributed by atoms with Crippen LogP contribution in [0.2, 0.25) is 0 Å². The van der Waals surface area contributed by atoms with Gasteiger partial charge in [0.1, 0.15) is 0 Å². The number of aryl methyl sites for hydroxylation is 1. The summed E-state index contributed by atoms with van der Waals surface area (Å²) in [5.74, 6) is 0.572. The van der Waals surface area contributed by atoms with Crippen molar-refractivity contribution in [3.8, 4) is 0 Å². The van der Waals surface area contributed by atoms with E-state index in [1.165, 1.54) is 0 Å². The fraction of sp³-hybridized carbons (Fsp3) is 0.562. The van der Waals surface area contributed by atoms with Gasteiger partial charge in [0.25, 0.3) is 5.56 Å². The molecule has 1 aliphatic heterocycles. The van der Waals surface area contributed by atoms with E-state index in [0.29, 0.717) is 5.92 Å². The van der Waals surface area contributed by atoms with Crippen molar-refractivity contribution in [2.75, 3.05) is 19.6 Å². The van der Waals surface area contributed by atoms with Crippen LogP contribution in [-0.2, 0) is 13.1 Å². The number of rotatable bonds is 5. The third-order valence-electron chi connectivity index (χ3n) is 4.44. The number of hydrogen-bond donors (Lipinski definition) is 0. The maximum absolute atomic E-state index is 12.0. The Hall–Kier alpha value is -1.95. The number of likely N-dealkylation sites (tertiary alicyclic amines) is 1. The van der Waals surface area contributed by atoms with E-state index in [2.05, 4.69) is 15.0 Å². The van der Waals surface area contributed by atoms with E-state index >= 15 is 0 Å². The molecular formula is C16H23N5O. The first kappa shape index (κ1) is 15.0. The molecule has 1 fully saturated rings. The zero-order chi connectivity index (χ0) is 15.4. The van der Waals surface area contributed by atoms with Gasteiger partial charge in [0, 0.05) is 37.2 Å². The number of nitrogens with zero attached hydrogens (tertiary/aromatic N) is 5. The number of piperidine rings is 1. The summed E-state index contributed by atoms with van der Waals surface area (Å²) in [6, 6.07) is 1.96. The molecular weight excluding hydrogens is 278 g/mol. The molecule has 0 aromatic carbocycles. The highest BCUT2D eigenvalue weighted by molar-refractivity contribution is 5.00. The smallest absolute Gasteiger partial charge is 0.256 e. The maximum atomic E-state index is 12.0. The van der Waals surface area contributed by atoms with Crippen molar-refractivity contribution >= 4 is 0 Å². The fourth-order valence-electron chi connectivity index (χ4n) is 3.04. The van der Waals surface area contributed by atoms with Crippen LogP contribution in [0.15, 0.2) is 35.8 Å². The van der Waals surface area contributed by atoms with E-state index in [0.717, 1.165) is 51.1 Å². The normalized spacial score (nSPS) is 17.0. The van der Waals surface area contributed by atoms with Gasteiger partial charge >= 0.3 is 0 Å². The highest BCUT2D eigenvalue weighted by atomic mass is 16.1. The quantitative estimate of drug-likeness (QED) is 0.831. The molecule has 0 unspecified atom stereocenters. The molecule has 22 heavy (non-hydrogen) atoms. The molecule has 1 saturated heterocycles. The first-order valence-electron chi connectivity index (χ1n) is 7.93. The summed E-state index contributed by atoms with van der Waals surface area (Å²) in [6.07, 6.45) is 9.40. The van der Waals surface area contributed by atoms with Crippen molar-refractivity contribution in [1.29, 1.82) is 0 Å². The highest BCUT2D eigenvalue weighted by Crippen LogP contribution is 2.18. The van der Waals surface area contributed by atoms with Crippen LogP contribution >= 0.6 is 0 Å². The molecule has 118 valence electrons. The standard InChI is InChI=1S/C16H23N5O/c1-14-11-17-13-20(16(14)22)12-15-3-7-19(8-4-15)9-10-21-6-2-5-18-21/h2,5-6,11,13,15H,3-4,7-10,12H2,1H3. The predicted molar refractivity (Wildman–Crippen MR) is 84.6 cm³/mol. The van der Waals surface area contributed by atoms with Crippen molar-refractivity contribution in [3.63, 3.8) is 0 Å². The van der Waals surface area contributed by atoms with E-state index < -0.39 is 0 Å². The Balaban J connectivity index is 1.47. The van der Waals surface area contributed by atoms with Crippen LogP contribution in [0.4, 0.5) is 0 Å². The largest absolute Gasteiger partial charge is 0.301 e. The van der Waals surface area contributed by atoms with Crippen LogP contribution in [0.1, 0.15) is 18.4 Å². The van der Waals surface area contributed by atoms with E-state index in [1.54, 1.807) is 17.1 Å². The van der Waals surface area contributed by atoms with Crippen molar-refractivity contribution in [1.82, 2.24) is 24.2 Å². The molecule has 0 radical (unpaired) electrons. The molecule has 3 rings (SSSR count). The minimum atomic E-state index is 0.0936. The molecule has 0 N–H and O–H groups in total. The molecule has 6 nitrogen and oxygen atoms in total. The summed E-state index contributed by atoms with van der Waals surface area (Å²) >= 11 is 0. The van der Waals surface area contributed by atoms with Gasteiger partial charge in [-0.3, -0.25) is 14.0 Å². The lowest BCUT2D eigenvalue weighted by Crippen LogP contribution is -2.38. The highest BCUT2D eigenvalue weighted by Gasteiger charge is 2.19. The third-order valence-corrected chi connectivity index (χ3v) is 4.44. The molecule has 0 amide bonds. The average Bonchev–Trinajstić information content (AvgIpc) is 3.05. The molecule has 2 aromatic heterocycles. The monoisotopic (exact) mass is 301 g/mol. The Bertz CT molecular complexity index is 641. The van der Waals surface area contributed by atoms with Crippen molar-refractivity contribution in [2.45, 2.75) is 32.9 Å². The Kier molecular flexibility index (Phi) is 4.68. The topological polar surface area (TPSA) is 56.0 Å². The Morgan fingerprint density at radius 1 is 1.27 bits per heavy atom. The van der Waals surface area contributed by atoms with E-state index in [4.69, 9.17) is 0 Å². The molecule has 0 spiro atoms. The Morgan fingerprint density at radius 2 is 2.09 bits per heavy atom. The average molecular weight is 301 g/mol. The van der Waals surface area contributed by atoms with Crippen LogP contribution < -0.4 is 5.56 Å². The first-order valence-corrected chi connectivity index (χ1v) is 7.93. The van der Waals surface area contributed by atoms with Crippen LogP contribution in [0.5, 0.6) is 0 Å². The minimum absolute atomic E-state index is 0.0936. The van der Waals surface area contributed by atoms with Gasteiger partial charge in [-0.2, -0.15) is 5.10 Å². The van der Waals surface area contributed by atoms with Gasteiger partial charge in [-0.05, 0) is 44.8 Å². The molecule has 2 aromatic rings. The van der Waals surface area contributed by atoms with Crippen LogP contribution in [0.3, 0.4) is 0 Å². The van der Waals surface area contributed by atoms with Crippen LogP contribution in [0, 0.1) is 12.8 Å². The van der Waals surface area contributed by atoms with Crippen molar-refractivity contribution in [2.24, 2.45) is 5.92 Å². The van der Waals surface area contributed by atoms with Gasteiger partial charge in [-0.25, -0.2) is 4.98 Å². The number of hydrogen-bond acceptors (Lipinski definition) is 4. The second-order valence-corrected chi connectivity index (χ2v) is 6.09. The van der Waals surface area contributed by atoms with Crippen LogP contribution in [0.25, 0.3) is 0 Å². The van der Waals surface area contributed by atoms with Crippen LogP contribution in [-0.4, -0.2) is 43.9 Å². The van der Waals surface area contributed by atoms with E-state index in [-0.39, 0.29) is 5.56 Å². The summed E-state index contributed by atoms with van der Waals surface area (Å²) in [4.78, 5) is 18.7. The summed E-state index contributed by atoms with van der Waals surface area (Å²) in [6.45, 7) is 6.80. The fourth-order valence-corrected chi connectivity index (χ4v) is 3.04. The number of aromatic nitrogens is 4. The molecule has 0 atom stereocenters. The summed E-state index contributed by atoms with van der Waals surface area (Å²) < 4.78 is 3.74. The Labute approximate surface area is 130 Å². The van der Waals surface area contributed by atoms with Gasteiger partial charge in [-0.1, -0.05) is 0 Å². The SMILES string of the molecule is Cc1cncn(CC2CCN(CCn3cccn3)CC2)c1=O. The van der Waals surface area contributed by atoms with Gasteiger partial charge in [0.15, 0.2) is 0 Å². The lowest BCUT2D eigenvalue weighted by Gasteiger charge is -2.32. The van der Waals surface area contributed by atoms with E-state index in [1.807, 2.05) is 30.1 Å². The van der Waals surface area contributed by atoms with Crippen molar-refractivity contribution < 1.29 is 0 Å². The molecule has 0 saturated carbocycles. The van der Waals surface area contributed by atoms with E-state index in [9.17, 15) is 4.79 Å². The maximum Gasteiger partial charge on any atom is 0.256 e. The molecule has 6 heteroatoms.